The van der Waals surface area contributed by atoms with Gasteiger partial charge in [-0.2, -0.15) is 0 Å². The summed E-state index contributed by atoms with van der Waals surface area (Å²) in [5, 5.41) is 0. The Bertz CT molecular complexity index is 1200. The van der Waals surface area contributed by atoms with E-state index >= 15 is 0 Å². The molecule has 2 aromatic carbocycles. The van der Waals surface area contributed by atoms with Crippen LogP contribution in [0.25, 0.3) is 22.6 Å². The summed E-state index contributed by atoms with van der Waals surface area (Å²) in [6.45, 7) is 0. The molecule has 0 radical (unpaired) electrons. The SMILES string of the molecule is COC(=O)C1(C(=O)OC)Cc2c(-c3ccccc3)oc(-c3ccccc3)c2CC1(C(=O)OC)C(=O)OC. The number of furan rings is 1. The third-order valence-corrected chi connectivity index (χ3v) is 6.94. The summed E-state index contributed by atoms with van der Waals surface area (Å²) in [6, 6.07) is 18.2. The standard InChI is InChI=1S/C28H26O9/c1-33-23(29)27(24(30)34-2)15-19-20(16-28(27,25(31)35-3)26(32)36-4)22(18-13-9-6-10-14-18)37-21(19)17-11-7-5-8-12-17/h5-14H,15-16H2,1-4H3. The lowest BCUT2D eigenvalue weighted by Gasteiger charge is -2.44. The quantitative estimate of drug-likeness (QED) is 0.282. The van der Waals surface area contributed by atoms with Crippen LogP contribution in [0.2, 0.25) is 0 Å². The van der Waals surface area contributed by atoms with Gasteiger partial charge in [0.05, 0.1) is 28.4 Å². The first-order valence-corrected chi connectivity index (χ1v) is 11.4. The predicted molar refractivity (Wildman–Crippen MR) is 130 cm³/mol. The average molecular weight is 507 g/mol. The van der Waals surface area contributed by atoms with E-state index < -0.39 is 47.5 Å². The van der Waals surface area contributed by atoms with Crippen LogP contribution in [0.4, 0.5) is 0 Å². The fourth-order valence-corrected chi connectivity index (χ4v) is 5.20. The van der Waals surface area contributed by atoms with Gasteiger partial charge in [0.15, 0.2) is 10.8 Å². The Balaban J connectivity index is 2.15. The smallest absolute Gasteiger partial charge is 0.325 e. The molecule has 9 heteroatoms. The molecule has 192 valence electrons. The Kier molecular flexibility index (Phi) is 6.89. The summed E-state index contributed by atoms with van der Waals surface area (Å²) in [7, 11) is 4.24. The van der Waals surface area contributed by atoms with Crippen molar-refractivity contribution >= 4 is 23.9 Å². The third-order valence-electron chi connectivity index (χ3n) is 6.94. The zero-order valence-electron chi connectivity index (χ0n) is 20.9. The fourth-order valence-electron chi connectivity index (χ4n) is 5.20. The fraction of sp³-hybridized carbons (Fsp3) is 0.286. The molecule has 0 unspecified atom stereocenters. The van der Waals surface area contributed by atoms with Crippen LogP contribution in [-0.4, -0.2) is 52.3 Å². The van der Waals surface area contributed by atoms with Gasteiger partial charge < -0.3 is 23.4 Å². The number of ether oxygens (including phenoxy) is 4. The molecule has 4 rings (SSSR count). The van der Waals surface area contributed by atoms with E-state index in [0.717, 1.165) is 28.4 Å². The van der Waals surface area contributed by atoms with Crippen LogP contribution in [0.1, 0.15) is 11.1 Å². The van der Waals surface area contributed by atoms with Crippen molar-refractivity contribution in [1.29, 1.82) is 0 Å². The van der Waals surface area contributed by atoms with Crippen molar-refractivity contribution in [2.45, 2.75) is 12.8 Å². The first-order valence-electron chi connectivity index (χ1n) is 11.4. The maximum atomic E-state index is 13.5. The molecule has 1 heterocycles. The summed E-state index contributed by atoms with van der Waals surface area (Å²) in [4.78, 5) is 54.0. The van der Waals surface area contributed by atoms with Crippen molar-refractivity contribution in [1.82, 2.24) is 0 Å². The van der Waals surface area contributed by atoms with Crippen molar-refractivity contribution in [2.24, 2.45) is 10.8 Å². The van der Waals surface area contributed by atoms with Gasteiger partial charge in [0.25, 0.3) is 0 Å². The Labute approximate surface area is 213 Å². The van der Waals surface area contributed by atoms with Crippen LogP contribution in [0, 0.1) is 10.8 Å². The zero-order valence-corrected chi connectivity index (χ0v) is 20.9. The van der Waals surface area contributed by atoms with E-state index in [2.05, 4.69) is 0 Å². The monoisotopic (exact) mass is 506 g/mol. The van der Waals surface area contributed by atoms with Gasteiger partial charge in [-0.05, 0) is 0 Å². The number of hydrogen-bond acceptors (Lipinski definition) is 9. The van der Waals surface area contributed by atoms with Crippen molar-refractivity contribution < 1.29 is 42.5 Å². The van der Waals surface area contributed by atoms with Crippen molar-refractivity contribution in [2.75, 3.05) is 28.4 Å². The molecule has 1 aliphatic carbocycles. The minimum Gasteiger partial charge on any atom is -0.468 e. The number of hydrogen-bond donors (Lipinski definition) is 0. The number of carbonyl (C=O) groups is 4. The predicted octanol–water partition coefficient (Wildman–Crippen LogP) is 3.38. The Morgan fingerprint density at radius 1 is 0.568 bits per heavy atom. The number of esters is 4. The van der Waals surface area contributed by atoms with Gasteiger partial charge in [0.1, 0.15) is 11.5 Å². The second kappa shape index (κ2) is 9.93. The third kappa shape index (κ3) is 3.69. The number of methoxy groups -OCH3 is 4. The molecule has 0 saturated carbocycles. The van der Waals surface area contributed by atoms with Gasteiger partial charge in [-0.15, -0.1) is 0 Å². The van der Waals surface area contributed by atoms with E-state index in [-0.39, 0.29) is 0 Å². The van der Waals surface area contributed by atoms with Gasteiger partial charge in [-0.1, -0.05) is 60.7 Å². The van der Waals surface area contributed by atoms with Crippen molar-refractivity contribution in [3.8, 4) is 22.6 Å². The van der Waals surface area contributed by atoms with Gasteiger partial charge in [0, 0.05) is 35.1 Å². The second-order valence-electron chi connectivity index (χ2n) is 8.58. The van der Waals surface area contributed by atoms with E-state index in [1.54, 1.807) is 0 Å². The highest BCUT2D eigenvalue weighted by atomic mass is 16.6. The molecule has 0 saturated heterocycles. The highest BCUT2D eigenvalue weighted by Crippen LogP contribution is 2.56. The lowest BCUT2D eigenvalue weighted by molar-refractivity contribution is -0.201. The first kappa shape index (κ1) is 25.7. The van der Waals surface area contributed by atoms with Crippen molar-refractivity contribution in [3.63, 3.8) is 0 Å². The number of benzene rings is 2. The number of fused-ring (bicyclic) bond motifs is 1. The second-order valence-corrected chi connectivity index (χ2v) is 8.58. The molecule has 1 aliphatic rings. The Morgan fingerprint density at radius 2 is 0.865 bits per heavy atom. The minimum absolute atomic E-state index is 0.384. The lowest BCUT2D eigenvalue weighted by atomic mass is 9.54. The molecule has 0 bridgehead atoms. The molecule has 0 amide bonds. The highest BCUT2D eigenvalue weighted by Gasteiger charge is 2.75. The largest absolute Gasteiger partial charge is 0.468 e. The molecular weight excluding hydrogens is 480 g/mol. The van der Waals surface area contributed by atoms with Crippen LogP contribution in [0.5, 0.6) is 0 Å². The van der Waals surface area contributed by atoms with Crippen LogP contribution in [0.15, 0.2) is 65.1 Å². The highest BCUT2D eigenvalue weighted by molar-refractivity contribution is 6.15. The first-order chi connectivity index (χ1) is 17.8. The van der Waals surface area contributed by atoms with Gasteiger partial charge >= 0.3 is 23.9 Å². The summed E-state index contributed by atoms with van der Waals surface area (Å²) < 4.78 is 26.5. The lowest BCUT2D eigenvalue weighted by Crippen LogP contribution is -2.66. The van der Waals surface area contributed by atoms with E-state index in [1.165, 1.54) is 0 Å². The molecule has 9 nitrogen and oxygen atoms in total. The molecule has 0 fully saturated rings. The summed E-state index contributed by atoms with van der Waals surface area (Å²) >= 11 is 0. The number of rotatable bonds is 6. The average Bonchev–Trinajstić information content (AvgIpc) is 3.33. The van der Waals surface area contributed by atoms with Gasteiger partial charge in [-0.3, -0.25) is 19.2 Å². The summed E-state index contributed by atoms with van der Waals surface area (Å²) in [6.07, 6.45) is -0.876. The van der Waals surface area contributed by atoms with E-state index in [4.69, 9.17) is 23.4 Å². The normalized spacial score (nSPS) is 15.1. The minimum atomic E-state index is -2.45. The van der Waals surface area contributed by atoms with E-state index in [1.807, 2.05) is 60.7 Å². The van der Waals surface area contributed by atoms with E-state index in [0.29, 0.717) is 33.8 Å². The van der Waals surface area contributed by atoms with Crippen LogP contribution in [0.3, 0.4) is 0 Å². The Morgan fingerprint density at radius 3 is 1.14 bits per heavy atom. The Hall–Kier alpha value is -4.40. The number of carbonyl (C=O) groups excluding carboxylic acids is 4. The summed E-state index contributed by atoms with van der Waals surface area (Å²) in [5.41, 5.74) is -2.63. The zero-order chi connectivity index (χ0) is 26.8. The van der Waals surface area contributed by atoms with E-state index in [9.17, 15) is 19.2 Å². The van der Waals surface area contributed by atoms with Crippen molar-refractivity contribution in [3.05, 3.63) is 71.8 Å². The van der Waals surface area contributed by atoms with Crippen LogP contribution < -0.4 is 0 Å². The topological polar surface area (TPSA) is 118 Å². The molecule has 0 atom stereocenters. The molecule has 1 aromatic heterocycles. The molecule has 0 aliphatic heterocycles. The van der Waals surface area contributed by atoms with Gasteiger partial charge in [0.2, 0.25) is 0 Å². The van der Waals surface area contributed by atoms with Crippen LogP contribution in [-0.2, 0) is 51.0 Å². The molecule has 0 N–H and O–H groups in total. The van der Waals surface area contributed by atoms with Crippen LogP contribution >= 0.6 is 0 Å². The van der Waals surface area contributed by atoms with Gasteiger partial charge in [-0.25, -0.2) is 0 Å². The molecule has 0 spiro atoms. The molecule has 37 heavy (non-hydrogen) atoms. The maximum absolute atomic E-state index is 13.5. The summed E-state index contributed by atoms with van der Waals surface area (Å²) in [5.74, 6) is -3.78. The molecule has 3 aromatic rings. The molecular formula is C28H26O9. The maximum Gasteiger partial charge on any atom is 0.325 e.